The van der Waals surface area contributed by atoms with Gasteiger partial charge < -0.3 is 10.2 Å². The average Bonchev–Trinajstić information content (AvgIpc) is 2.48. The molecule has 4 heteroatoms. The number of aryl methyl sites for hydroxylation is 1. The molecule has 21 heavy (non-hydrogen) atoms. The molecule has 0 bridgehead atoms. The summed E-state index contributed by atoms with van der Waals surface area (Å²) >= 11 is 0. The van der Waals surface area contributed by atoms with Gasteiger partial charge in [-0.2, -0.15) is 0 Å². The van der Waals surface area contributed by atoms with Gasteiger partial charge in [0.15, 0.2) is 0 Å². The number of likely N-dealkylation sites (tertiary alicyclic amines) is 1. The molecule has 1 spiro atoms. The number of benzene rings is 1. The predicted molar refractivity (Wildman–Crippen MR) is 88.1 cm³/mol. The van der Waals surface area contributed by atoms with Gasteiger partial charge in [-0.05, 0) is 51.3 Å². The average molecular weight is 309 g/mol. The molecule has 2 aliphatic heterocycles. The summed E-state index contributed by atoms with van der Waals surface area (Å²) in [6, 6.07) is 7.96. The van der Waals surface area contributed by atoms with E-state index in [0.717, 1.165) is 38.2 Å². The monoisotopic (exact) mass is 308 g/mol. The summed E-state index contributed by atoms with van der Waals surface area (Å²) in [6.07, 6.45) is 4.90. The summed E-state index contributed by atoms with van der Waals surface area (Å²) in [5.41, 5.74) is 2.36. The second kappa shape index (κ2) is 6.80. The minimum Gasteiger partial charge on any atom is -0.338 e. The fraction of sp³-hybridized carbons (Fsp3) is 0.588. The maximum absolute atomic E-state index is 12.6. The van der Waals surface area contributed by atoms with E-state index in [-0.39, 0.29) is 18.3 Å². The number of hydrogen-bond acceptors (Lipinski definition) is 2. The van der Waals surface area contributed by atoms with Crippen LogP contribution in [0.5, 0.6) is 0 Å². The van der Waals surface area contributed by atoms with Crippen molar-refractivity contribution in [3.63, 3.8) is 0 Å². The molecule has 1 unspecified atom stereocenters. The van der Waals surface area contributed by atoms with Gasteiger partial charge in [0.2, 0.25) is 0 Å². The number of carbonyl (C=O) groups excluding carboxylic acids is 1. The Labute approximate surface area is 133 Å². The van der Waals surface area contributed by atoms with Crippen LogP contribution < -0.4 is 5.32 Å². The van der Waals surface area contributed by atoms with Crippen molar-refractivity contribution in [1.29, 1.82) is 0 Å². The van der Waals surface area contributed by atoms with Crippen LogP contribution in [0.1, 0.15) is 41.6 Å². The van der Waals surface area contributed by atoms with Gasteiger partial charge in [0.1, 0.15) is 0 Å². The van der Waals surface area contributed by atoms with Gasteiger partial charge in [-0.3, -0.25) is 4.79 Å². The molecule has 1 atom stereocenters. The quantitative estimate of drug-likeness (QED) is 0.865. The summed E-state index contributed by atoms with van der Waals surface area (Å²) in [4.78, 5) is 14.7. The lowest BCUT2D eigenvalue weighted by atomic mass is 9.74. The van der Waals surface area contributed by atoms with E-state index in [0.29, 0.717) is 5.41 Å². The van der Waals surface area contributed by atoms with Gasteiger partial charge in [-0.25, -0.2) is 0 Å². The number of nitrogens with zero attached hydrogens (tertiary/aromatic N) is 1. The molecule has 2 saturated heterocycles. The van der Waals surface area contributed by atoms with Crippen LogP contribution in [0, 0.1) is 12.3 Å². The number of hydrogen-bond donors (Lipinski definition) is 1. The van der Waals surface area contributed by atoms with Crippen molar-refractivity contribution in [3.8, 4) is 0 Å². The molecule has 1 N–H and O–H groups in total. The smallest absolute Gasteiger partial charge is 0.253 e. The molecule has 0 saturated carbocycles. The fourth-order valence-corrected chi connectivity index (χ4v) is 3.64. The third kappa shape index (κ3) is 3.58. The molecule has 3 rings (SSSR count). The van der Waals surface area contributed by atoms with Crippen molar-refractivity contribution in [1.82, 2.24) is 10.2 Å². The highest BCUT2D eigenvalue weighted by Crippen LogP contribution is 2.36. The molecule has 0 aliphatic carbocycles. The first-order valence-electron chi connectivity index (χ1n) is 7.75. The molecular formula is C17H25ClN2O. The first-order chi connectivity index (χ1) is 9.69. The van der Waals surface area contributed by atoms with Gasteiger partial charge in [0.25, 0.3) is 5.91 Å². The van der Waals surface area contributed by atoms with Crippen LogP contribution in [0.4, 0.5) is 0 Å². The second-order valence-electron chi connectivity index (χ2n) is 6.48. The number of nitrogens with one attached hydrogen (secondary N) is 1. The SMILES string of the molecule is Cc1ccc(C(=O)N2CCCC3(CCCNC3)C2)cc1.Cl. The van der Waals surface area contributed by atoms with E-state index in [4.69, 9.17) is 0 Å². The van der Waals surface area contributed by atoms with E-state index < -0.39 is 0 Å². The van der Waals surface area contributed by atoms with Crippen molar-refractivity contribution in [2.75, 3.05) is 26.2 Å². The summed E-state index contributed by atoms with van der Waals surface area (Å²) in [7, 11) is 0. The summed E-state index contributed by atoms with van der Waals surface area (Å²) in [5, 5.41) is 3.51. The van der Waals surface area contributed by atoms with Crippen LogP contribution >= 0.6 is 12.4 Å². The van der Waals surface area contributed by atoms with E-state index in [2.05, 4.69) is 17.1 Å². The molecule has 1 aromatic rings. The van der Waals surface area contributed by atoms with Gasteiger partial charge >= 0.3 is 0 Å². The summed E-state index contributed by atoms with van der Waals surface area (Å²) in [5.74, 6) is 0.203. The number of carbonyl (C=O) groups is 1. The predicted octanol–water partition coefficient (Wildman–Crippen LogP) is 3.02. The molecule has 1 amide bonds. The zero-order valence-electron chi connectivity index (χ0n) is 12.7. The van der Waals surface area contributed by atoms with Crippen LogP contribution in [-0.4, -0.2) is 37.0 Å². The Kier molecular flexibility index (Phi) is 5.28. The first-order valence-corrected chi connectivity index (χ1v) is 7.75. The summed E-state index contributed by atoms with van der Waals surface area (Å²) < 4.78 is 0. The van der Waals surface area contributed by atoms with Gasteiger partial charge in [-0.1, -0.05) is 17.7 Å². The van der Waals surface area contributed by atoms with Crippen LogP contribution in [-0.2, 0) is 0 Å². The molecule has 2 fully saturated rings. The lowest BCUT2D eigenvalue weighted by Gasteiger charge is -2.45. The zero-order valence-corrected chi connectivity index (χ0v) is 13.5. The number of amides is 1. The number of rotatable bonds is 1. The topological polar surface area (TPSA) is 32.3 Å². The Morgan fingerprint density at radius 2 is 1.90 bits per heavy atom. The van der Waals surface area contributed by atoms with Crippen molar-refractivity contribution >= 4 is 18.3 Å². The molecule has 3 nitrogen and oxygen atoms in total. The number of piperidine rings is 2. The van der Waals surface area contributed by atoms with Crippen molar-refractivity contribution in [2.24, 2.45) is 5.41 Å². The van der Waals surface area contributed by atoms with Gasteiger partial charge in [0, 0.05) is 30.6 Å². The molecule has 2 heterocycles. The van der Waals surface area contributed by atoms with Crippen LogP contribution in [0.2, 0.25) is 0 Å². The number of halogens is 1. The fourth-order valence-electron chi connectivity index (χ4n) is 3.64. The van der Waals surface area contributed by atoms with Gasteiger partial charge in [-0.15, -0.1) is 12.4 Å². The van der Waals surface area contributed by atoms with Crippen LogP contribution in [0.25, 0.3) is 0 Å². The second-order valence-corrected chi connectivity index (χ2v) is 6.48. The minimum atomic E-state index is 0. The molecule has 1 aromatic carbocycles. The van der Waals surface area contributed by atoms with Crippen molar-refractivity contribution in [2.45, 2.75) is 32.6 Å². The zero-order chi connectivity index (χ0) is 14.0. The lowest BCUT2D eigenvalue weighted by molar-refractivity contribution is 0.0434. The van der Waals surface area contributed by atoms with Crippen LogP contribution in [0.15, 0.2) is 24.3 Å². The molecular weight excluding hydrogens is 284 g/mol. The highest BCUT2D eigenvalue weighted by Gasteiger charge is 2.38. The maximum atomic E-state index is 12.6. The van der Waals surface area contributed by atoms with Gasteiger partial charge in [0.05, 0.1) is 0 Å². The Bertz CT molecular complexity index is 475. The third-order valence-electron chi connectivity index (χ3n) is 4.81. The van der Waals surface area contributed by atoms with E-state index >= 15 is 0 Å². The largest absolute Gasteiger partial charge is 0.338 e. The Morgan fingerprint density at radius 1 is 1.19 bits per heavy atom. The minimum absolute atomic E-state index is 0. The van der Waals surface area contributed by atoms with E-state index in [1.807, 2.05) is 24.3 Å². The normalized spacial score (nSPS) is 25.5. The molecule has 0 aromatic heterocycles. The maximum Gasteiger partial charge on any atom is 0.253 e. The van der Waals surface area contributed by atoms with E-state index in [1.165, 1.54) is 24.8 Å². The molecule has 0 radical (unpaired) electrons. The van der Waals surface area contributed by atoms with Crippen LogP contribution in [0.3, 0.4) is 0 Å². The Morgan fingerprint density at radius 3 is 2.57 bits per heavy atom. The molecule has 2 aliphatic rings. The standard InChI is InChI=1S/C17H24N2O.ClH/c1-14-4-6-15(7-5-14)16(20)19-11-3-9-17(13-19)8-2-10-18-12-17;/h4-7,18H,2-3,8-13H2,1H3;1H. The lowest BCUT2D eigenvalue weighted by Crippen LogP contribution is -2.52. The van der Waals surface area contributed by atoms with Crippen molar-refractivity contribution in [3.05, 3.63) is 35.4 Å². The van der Waals surface area contributed by atoms with Crippen molar-refractivity contribution < 1.29 is 4.79 Å². The highest BCUT2D eigenvalue weighted by atomic mass is 35.5. The molecule has 116 valence electrons. The third-order valence-corrected chi connectivity index (χ3v) is 4.81. The highest BCUT2D eigenvalue weighted by molar-refractivity contribution is 5.94. The van der Waals surface area contributed by atoms with E-state index in [1.54, 1.807) is 0 Å². The first kappa shape index (κ1) is 16.3. The Hall–Kier alpha value is -1.06. The van der Waals surface area contributed by atoms with E-state index in [9.17, 15) is 4.79 Å². The summed E-state index contributed by atoms with van der Waals surface area (Å²) in [6.45, 7) is 6.09. The Balaban J connectivity index is 0.00000161.